The zero-order valence-corrected chi connectivity index (χ0v) is 8.26. The van der Waals surface area contributed by atoms with E-state index in [1.165, 1.54) is 6.07 Å². The van der Waals surface area contributed by atoms with Gasteiger partial charge in [-0.2, -0.15) is 8.78 Å². The summed E-state index contributed by atoms with van der Waals surface area (Å²) in [7, 11) is -0.373. The molecule has 0 fully saturated rings. The topological polar surface area (TPSA) is 22.1 Å². The first-order valence-corrected chi connectivity index (χ1v) is 5.92. The van der Waals surface area contributed by atoms with Crippen LogP contribution in [0.5, 0.6) is 5.88 Å². The molecule has 1 aromatic heterocycles. The van der Waals surface area contributed by atoms with E-state index in [2.05, 4.69) is 9.72 Å². The molecular formula is C8H11F2NOS. The van der Waals surface area contributed by atoms with E-state index < -0.39 is 6.61 Å². The monoisotopic (exact) mass is 207 g/mol. The Kier molecular flexibility index (Phi) is 3.48. The first-order valence-electron chi connectivity index (χ1n) is 3.69. The number of pyridine rings is 1. The van der Waals surface area contributed by atoms with Crippen LogP contribution < -0.4 is 4.74 Å². The van der Waals surface area contributed by atoms with Crippen molar-refractivity contribution in [1.82, 2.24) is 4.98 Å². The zero-order valence-electron chi connectivity index (χ0n) is 7.37. The van der Waals surface area contributed by atoms with Crippen molar-refractivity contribution in [2.24, 2.45) is 0 Å². The Bertz CT molecular complexity index is 281. The lowest BCUT2D eigenvalue weighted by Crippen LogP contribution is -2.03. The summed E-state index contributed by atoms with van der Waals surface area (Å²) < 4.78 is 27.8. The molecule has 0 unspecified atom stereocenters. The number of ether oxygens (including phenoxy) is 1. The fourth-order valence-electron chi connectivity index (χ4n) is 0.810. The molecule has 0 aliphatic carbocycles. The molecule has 2 nitrogen and oxygen atoms in total. The van der Waals surface area contributed by atoms with E-state index >= 15 is 0 Å². The van der Waals surface area contributed by atoms with E-state index in [1.807, 2.05) is 18.6 Å². The minimum Gasteiger partial charge on any atom is -0.417 e. The Morgan fingerprint density at radius 1 is 1.38 bits per heavy atom. The Labute approximate surface area is 78.3 Å². The lowest BCUT2D eigenvalue weighted by atomic mass is 10.5. The summed E-state index contributed by atoms with van der Waals surface area (Å²) in [6, 6.07) is 4.90. The summed E-state index contributed by atoms with van der Waals surface area (Å²) in [4.78, 5) is 3.94. The summed E-state index contributed by atoms with van der Waals surface area (Å²) in [5.74, 6) is -0.0105. The van der Waals surface area contributed by atoms with Crippen LogP contribution in [0.4, 0.5) is 8.78 Å². The number of rotatable bonds is 3. The number of hydrogen-bond acceptors (Lipinski definition) is 2. The van der Waals surface area contributed by atoms with Crippen molar-refractivity contribution in [2.75, 3.05) is 12.5 Å². The largest absolute Gasteiger partial charge is 0.417 e. The highest BCUT2D eigenvalue weighted by Gasteiger charge is 2.06. The minimum absolute atomic E-state index is 0.0105. The number of nitrogens with zero attached hydrogens (tertiary/aromatic N) is 1. The second-order valence-corrected chi connectivity index (χ2v) is 4.85. The Hall–Kier alpha value is -0.840. The third-order valence-electron chi connectivity index (χ3n) is 1.38. The van der Waals surface area contributed by atoms with Gasteiger partial charge in [0.15, 0.2) is 0 Å². The van der Waals surface area contributed by atoms with Crippen LogP contribution in [0.25, 0.3) is 0 Å². The first-order chi connectivity index (χ1) is 6.09. The van der Waals surface area contributed by atoms with E-state index in [1.54, 1.807) is 6.07 Å². The molecule has 1 rings (SSSR count). The number of halogens is 2. The van der Waals surface area contributed by atoms with Gasteiger partial charge in [-0.15, -0.1) is 0 Å². The van der Waals surface area contributed by atoms with Crippen molar-refractivity contribution < 1.29 is 13.5 Å². The maximum Gasteiger partial charge on any atom is 0.388 e. The van der Waals surface area contributed by atoms with Gasteiger partial charge < -0.3 is 4.74 Å². The summed E-state index contributed by atoms with van der Waals surface area (Å²) in [6.07, 6.45) is 4.01. The molecule has 13 heavy (non-hydrogen) atoms. The maximum absolute atomic E-state index is 11.8. The highest BCUT2D eigenvalue weighted by Crippen LogP contribution is 2.27. The average molecular weight is 207 g/mol. The molecule has 74 valence electrons. The molecule has 0 aliphatic rings. The van der Waals surface area contributed by atoms with Crippen LogP contribution >= 0.6 is 10.9 Å². The number of hydrogen-bond donors (Lipinski definition) is 1. The second kappa shape index (κ2) is 4.41. The quantitative estimate of drug-likeness (QED) is 0.768. The summed E-state index contributed by atoms with van der Waals surface area (Å²) in [5.41, 5.74) is 0. The summed E-state index contributed by atoms with van der Waals surface area (Å²) in [5, 5.41) is 0.813. The molecule has 0 saturated heterocycles. The molecular weight excluding hydrogens is 196 g/mol. The van der Waals surface area contributed by atoms with Gasteiger partial charge in [-0.3, -0.25) is 0 Å². The van der Waals surface area contributed by atoms with Crippen molar-refractivity contribution in [2.45, 2.75) is 11.6 Å². The van der Waals surface area contributed by atoms with E-state index in [4.69, 9.17) is 0 Å². The SMILES string of the molecule is C[SH](C)c1cccc(OC(F)F)n1. The number of alkyl halides is 2. The average Bonchev–Trinajstić information content (AvgIpc) is 2.03. The van der Waals surface area contributed by atoms with Crippen molar-refractivity contribution in [3.8, 4) is 5.88 Å². The minimum atomic E-state index is -2.80. The lowest BCUT2D eigenvalue weighted by Gasteiger charge is -2.09. The van der Waals surface area contributed by atoms with Crippen LogP contribution in [-0.4, -0.2) is 24.1 Å². The van der Waals surface area contributed by atoms with Crippen LogP contribution in [-0.2, 0) is 0 Å². The lowest BCUT2D eigenvalue weighted by molar-refractivity contribution is -0.0531. The predicted molar refractivity (Wildman–Crippen MR) is 50.0 cm³/mol. The first kappa shape index (κ1) is 10.2. The van der Waals surface area contributed by atoms with Crippen molar-refractivity contribution in [3.63, 3.8) is 0 Å². The zero-order chi connectivity index (χ0) is 9.84. The van der Waals surface area contributed by atoms with Gasteiger partial charge in [0, 0.05) is 6.07 Å². The van der Waals surface area contributed by atoms with Gasteiger partial charge in [-0.05, 0) is 18.6 Å². The fraction of sp³-hybridized carbons (Fsp3) is 0.375. The van der Waals surface area contributed by atoms with Gasteiger partial charge in [0.25, 0.3) is 0 Å². The summed E-state index contributed by atoms with van der Waals surface area (Å²) in [6.45, 7) is -2.80. The molecule has 0 saturated carbocycles. The van der Waals surface area contributed by atoms with Gasteiger partial charge in [0.2, 0.25) is 5.88 Å². The molecule has 0 N–H and O–H groups in total. The Morgan fingerprint density at radius 3 is 2.62 bits per heavy atom. The van der Waals surface area contributed by atoms with Gasteiger partial charge in [0.1, 0.15) is 0 Å². The number of thiol groups is 1. The van der Waals surface area contributed by atoms with Crippen LogP contribution in [0.3, 0.4) is 0 Å². The van der Waals surface area contributed by atoms with E-state index in [9.17, 15) is 8.78 Å². The molecule has 0 spiro atoms. The molecule has 0 atom stereocenters. The molecule has 0 bridgehead atoms. The van der Waals surface area contributed by atoms with Crippen LogP contribution in [0, 0.1) is 0 Å². The van der Waals surface area contributed by atoms with E-state index in [0.29, 0.717) is 0 Å². The molecule has 1 aromatic rings. The van der Waals surface area contributed by atoms with Gasteiger partial charge >= 0.3 is 6.61 Å². The third kappa shape index (κ3) is 3.18. The molecule has 0 aliphatic heterocycles. The second-order valence-electron chi connectivity index (χ2n) is 2.61. The number of aromatic nitrogens is 1. The Balaban J connectivity index is 2.79. The molecule has 5 heteroatoms. The highest BCUT2D eigenvalue weighted by molar-refractivity contribution is 8.15. The van der Waals surface area contributed by atoms with Crippen LogP contribution in [0.1, 0.15) is 0 Å². The van der Waals surface area contributed by atoms with Crippen LogP contribution in [0.2, 0.25) is 0 Å². The summed E-state index contributed by atoms with van der Waals surface area (Å²) >= 11 is 0. The maximum atomic E-state index is 11.8. The van der Waals surface area contributed by atoms with Crippen molar-refractivity contribution in [1.29, 1.82) is 0 Å². The normalized spacial score (nSPS) is 11.6. The molecule has 0 amide bonds. The molecule has 0 aromatic carbocycles. The highest BCUT2D eigenvalue weighted by atomic mass is 32.2. The van der Waals surface area contributed by atoms with E-state index in [-0.39, 0.29) is 16.8 Å². The van der Waals surface area contributed by atoms with E-state index in [0.717, 1.165) is 5.03 Å². The van der Waals surface area contributed by atoms with Crippen LogP contribution in [0.15, 0.2) is 23.2 Å². The third-order valence-corrected chi connectivity index (χ3v) is 2.54. The standard InChI is InChI=1S/C8H11F2NOS/c1-13(2)7-5-3-4-6(11-7)12-8(9)10/h3-5,8,13H,1-2H3. The van der Waals surface area contributed by atoms with Gasteiger partial charge in [-0.25, -0.2) is 15.9 Å². The van der Waals surface area contributed by atoms with Gasteiger partial charge in [-0.1, -0.05) is 6.07 Å². The molecule has 1 heterocycles. The van der Waals surface area contributed by atoms with Crippen molar-refractivity contribution >= 4 is 10.9 Å². The molecule has 0 radical (unpaired) electrons. The fourth-order valence-corrected chi connectivity index (χ4v) is 1.49. The smallest absolute Gasteiger partial charge is 0.388 e. The Morgan fingerprint density at radius 2 is 2.08 bits per heavy atom. The predicted octanol–water partition coefficient (Wildman–Crippen LogP) is 2.30. The van der Waals surface area contributed by atoms with Crippen molar-refractivity contribution in [3.05, 3.63) is 18.2 Å². The van der Waals surface area contributed by atoms with Gasteiger partial charge in [0.05, 0.1) is 5.03 Å².